The lowest BCUT2D eigenvalue weighted by atomic mass is 10.2. The molecule has 0 amide bonds. The van der Waals surface area contributed by atoms with Gasteiger partial charge in [0.25, 0.3) is 0 Å². The van der Waals surface area contributed by atoms with Crippen molar-refractivity contribution in [1.82, 2.24) is 0 Å². The maximum atomic E-state index is 9.17. The van der Waals surface area contributed by atoms with Gasteiger partial charge in [-0.15, -0.1) is 6.42 Å². The lowest BCUT2D eigenvalue weighted by Crippen LogP contribution is -2.28. The fourth-order valence-corrected chi connectivity index (χ4v) is 0.377. The van der Waals surface area contributed by atoms with Gasteiger partial charge in [0.1, 0.15) is 6.10 Å². The smallest absolute Gasteiger partial charge is 0.115 e. The van der Waals surface area contributed by atoms with Crippen LogP contribution in [-0.2, 0) is 4.74 Å². The standard InChI is InChI=1S/C8H14O2/c1-5-7(2)10-6-8(3,4)9/h1,7,9H,6H2,2-4H3. The van der Waals surface area contributed by atoms with Gasteiger partial charge in [-0.25, -0.2) is 0 Å². The van der Waals surface area contributed by atoms with Crippen LogP contribution in [0.4, 0.5) is 0 Å². The second kappa shape index (κ2) is 3.60. The average Bonchev–Trinajstić information content (AvgIpc) is 1.81. The van der Waals surface area contributed by atoms with Gasteiger partial charge >= 0.3 is 0 Å². The number of ether oxygens (including phenoxy) is 1. The van der Waals surface area contributed by atoms with Crippen LogP contribution in [0, 0.1) is 12.3 Å². The van der Waals surface area contributed by atoms with Crippen molar-refractivity contribution in [1.29, 1.82) is 0 Å². The fourth-order valence-electron chi connectivity index (χ4n) is 0.377. The molecule has 0 aliphatic heterocycles. The van der Waals surface area contributed by atoms with E-state index in [9.17, 15) is 0 Å². The van der Waals surface area contributed by atoms with Crippen LogP contribution < -0.4 is 0 Å². The van der Waals surface area contributed by atoms with E-state index < -0.39 is 5.60 Å². The van der Waals surface area contributed by atoms with Crippen molar-refractivity contribution in [3.63, 3.8) is 0 Å². The van der Waals surface area contributed by atoms with Crippen LogP contribution in [0.5, 0.6) is 0 Å². The second-order valence-corrected chi connectivity index (χ2v) is 2.93. The molecule has 0 saturated heterocycles. The first-order valence-corrected chi connectivity index (χ1v) is 3.26. The number of terminal acetylenes is 1. The summed E-state index contributed by atoms with van der Waals surface area (Å²) in [5, 5.41) is 9.17. The molecule has 10 heavy (non-hydrogen) atoms. The average molecular weight is 142 g/mol. The van der Waals surface area contributed by atoms with Crippen LogP contribution in [0.25, 0.3) is 0 Å². The highest BCUT2D eigenvalue weighted by atomic mass is 16.5. The summed E-state index contributed by atoms with van der Waals surface area (Å²) >= 11 is 0. The first-order valence-electron chi connectivity index (χ1n) is 3.26. The van der Waals surface area contributed by atoms with E-state index in [2.05, 4.69) is 5.92 Å². The molecule has 0 aliphatic rings. The summed E-state index contributed by atoms with van der Waals surface area (Å²) in [4.78, 5) is 0. The molecule has 2 heteroatoms. The molecule has 0 bridgehead atoms. The Morgan fingerprint density at radius 1 is 1.70 bits per heavy atom. The predicted octanol–water partition coefficient (Wildman–Crippen LogP) is 0.796. The fraction of sp³-hybridized carbons (Fsp3) is 0.750. The van der Waals surface area contributed by atoms with Crippen LogP contribution in [0.2, 0.25) is 0 Å². The van der Waals surface area contributed by atoms with Crippen molar-refractivity contribution in [2.45, 2.75) is 32.5 Å². The summed E-state index contributed by atoms with van der Waals surface area (Å²) < 4.78 is 5.07. The van der Waals surface area contributed by atoms with Crippen LogP contribution in [0.3, 0.4) is 0 Å². The summed E-state index contributed by atoms with van der Waals surface area (Å²) in [6, 6.07) is 0. The highest BCUT2D eigenvalue weighted by Crippen LogP contribution is 2.02. The maximum absolute atomic E-state index is 9.17. The number of hydrogen-bond donors (Lipinski definition) is 1. The van der Waals surface area contributed by atoms with Gasteiger partial charge in [0, 0.05) is 0 Å². The summed E-state index contributed by atoms with van der Waals surface area (Å²) in [6.45, 7) is 5.40. The first kappa shape index (κ1) is 9.48. The molecule has 0 aliphatic carbocycles. The van der Waals surface area contributed by atoms with E-state index in [4.69, 9.17) is 16.3 Å². The molecular formula is C8H14O2. The highest BCUT2D eigenvalue weighted by Gasteiger charge is 2.13. The zero-order valence-electron chi connectivity index (χ0n) is 6.72. The Kier molecular flexibility index (Phi) is 3.41. The Morgan fingerprint density at radius 2 is 2.20 bits per heavy atom. The Bertz CT molecular complexity index is 127. The SMILES string of the molecule is C#CC(C)OCC(C)(C)O. The van der Waals surface area contributed by atoms with E-state index in [1.165, 1.54) is 0 Å². The van der Waals surface area contributed by atoms with Gasteiger partial charge in [0.05, 0.1) is 12.2 Å². The molecule has 0 heterocycles. The predicted molar refractivity (Wildman–Crippen MR) is 40.5 cm³/mol. The molecule has 0 aromatic heterocycles. The van der Waals surface area contributed by atoms with Gasteiger partial charge < -0.3 is 9.84 Å². The molecular weight excluding hydrogens is 128 g/mol. The molecule has 0 aromatic carbocycles. The second-order valence-electron chi connectivity index (χ2n) is 2.93. The topological polar surface area (TPSA) is 29.5 Å². The van der Waals surface area contributed by atoms with E-state index in [0.29, 0.717) is 0 Å². The van der Waals surface area contributed by atoms with Crippen molar-refractivity contribution in [3.05, 3.63) is 0 Å². The Morgan fingerprint density at radius 3 is 2.50 bits per heavy atom. The largest absolute Gasteiger partial charge is 0.388 e. The molecule has 0 radical (unpaired) electrons. The van der Waals surface area contributed by atoms with Crippen LogP contribution in [-0.4, -0.2) is 23.4 Å². The van der Waals surface area contributed by atoms with Gasteiger partial charge in [-0.3, -0.25) is 0 Å². The third kappa shape index (κ3) is 5.61. The van der Waals surface area contributed by atoms with Crippen LogP contribution in [0.15, 0.2) is 0 Å². The molecule has 0 fully saturated rings. The molecule has 0 spiro atoms. The third-order valence-corrected chi connectivity index (χ3v) is 0.921. The molecule has 1 unspecified atom stereocenters. The number of rotatable bonds is 3. The van der Waals surface area contributed by atoms with Crippen molar-refractivity contribution in [2.24, 2.45) is 0 Å². The van der Waals surface area contributed by atoms with Gasteiger partial charge in [0.15, 0.2) is 0 Å². The zero-order valence-corrected chi connectivity index (χ0v) is 6.72. The van der Waals surface area contributed by atoms with Gasteiger partial charge in [0.2, 0.25) is 0 Å². The first-order chi connectivity index (χ1) is 4.45. The Hall–Kier alpha value is -0.520. The van der Waals surface area contributed by atoms with Crippen molar-refractivity contribution < 1.29 is 9.84 Å². The third-order valence-electron chi connectivity index (χ3n) is 0.921. The quantitative estimate of drug-likeness (QED) is 0.590. The molecule has 1 atom stereocenters. The minimum Gasteiger partial charge on any atom is -0.388 e. The molecule has 1 N–H and O–H groups in total. The summed E-state index contributed by atoms with van der Waals surface area (Å²) in [7, 11) is 0. The zero-order chi connectivity index (χ0) is 8.20. The van der Waals surface area contributed by atoms with E-state index >= 15 is 0 Å². The van der Waals surface area contributed by atoms with E-state index in [1.807, 2.05) is 0 Å². The van der Waals surface area contributed by atoms with Gasteiger partial charge in [-0.05, 0) is 20.8 Å². The molecule has 0 rings (SSSR count). The molecule has 58 valence electrons. The van der Waals surface area contributed by atoms with Crippen molar-refractivity contribution in [3.8, 4) is 12.3 Å². The van der Waals surface area contributed by atoms with E-state index in [0.717, 1.165) is 0 Å². The summed E-state index contributed by atoms with van der Waals surface area (Å²) in [5.74, 6) is 2.40. The number of hydrogen-bond acceptors (Lipinski definition) is 2. The van der Waals surface area contributed by atoms with E-state index in [-0.39, 0.29) is 12.7 Å². The van der Waals surface area contributed by atoms with E-state index in [1.54, 1.807) is 20.8 Å². The summed E-state index contributed by atoms with van der Waals surface area (Å²) in [5.41, 5.74) is -0.787. The Labute approximate surface area is 62.2 Å². The lowest BCUT2D eigenvalue weighted by molar-refractivity contribution is -0.0327. The molecule has 0 saturated carbocycles. The van der Waals surface area contributed by atoms with Crippen molar-refractivity contribution in [2.75, 3.05) is 6.61 Å². The monoisotopic (exact) mass is 142 g/mol. The Balaban J connectivity index is 3.48. The maximum Gasteiger partial charge on any atom is 0.115 e. The minimum absolute atomic E-state index is 0.216. The van der Waals surface area contributed by atoms with Gasteiger partial charge in [-0.1, -0.05) is 5.92 Å². The van der Waals surface area contributed by atoms with Gasteiger partial charge in [-0.2, -0.15) is 0 Å². The molecule has 2 nitrogen and oxygen atoms in total. The van der Waals surface area contributed by atoms with Crippen LogP contribution in [0.1, 0.15) is 20.8 Å². The van der Waals surface area contributed by atoms with Crippen molar-refractivity contribution >= 4 is 0 Å². The number of aliphatic hydroxyl groups is 1. The highest BCUT2D eigenvalue weighted by molar-refractivity contribution is 4.91. The lowest BCUT2D eigenvalue weighted by Gasteiger charge is -2.18. The van der Waals surface area contributed by atoms with Crippen LogP contribution >= 0.6 is 0 Å². The normalized spacial score (nSPS) is 14.3. The molecule has 0 aromatic rings. The minimum atomic E-state index is -0.787. The summed E-state index contributed by atoms with van der Waals surface area (Å²) in [6.07, 6.45) is 4.83.